The Bertz CT molecular complexity index is 253. The van der Waals surface area contributed by atoms with Gasteiger partial charge >= 0.3 is 0 Å². The van der Waals surface area contributed by atoms with Crippen molar-refractivity contribution < 1.29 is 9.90 Å². The third-order valence-electron chi connectivity index (χ3n) is 3.28. The largest absolute Gasteiger partial charge is 0.394 e. The maximum absolute atomic E-state index is 11.8. The first kappa shape index (κ1) is 14.5. The first-order valence-corrected chi connectivity index (χ1v) is 6.54. The maximum Gasteiger partial charge on any atom is 0.221 e. The van der Waals surface area contributed by atoms with Crippen LogP contribution in [0.4, 0.5) is 0 Å². The molecule has 1 amide bonds. The molecule has 0 aromatic heterocycles. The molecule has 1 fully saturated rings. The zero-order chi connectivity index (χ0) is 12.9. The number of carbonyl (C=O) groups is 1. The number of hydrogen-bond donors (Lipinski definition) is 3. The SMILES string of the molecule is CC(C)(C)NCCC(=O)NC1(CO)CCCC1. The fraction of sp³-hybridized carbons (Fsp3) is 0.923. The summed E-state index contributed by atoms with van der Waals surface area (Å²) in [4.78, 5) is 11.8. The first-order valence-electron chi connectivity index (χ1n) is 6.54. The molecule has 4 heteroatoms. The van der Waals surface area contributed by atoms with Crippen LogP contribution < -0.4 is 10.6 Å². The second-order valence-corrected chi connectivity index (χ2v) is 6.12. The Morgan fingerprint density at radius 2 is 1.88 bits per heavy atom. The Labute approximate surface area is 104 Å². The highest BCUT2D eigenvalue weighted by Gasteiger charge is 2.34. The molecule has 0 heterocycles. The van der Waals surface area contributed by atoms with Gasteiger partial charge in [-0.25, -0.2) is 0 Å². The lowest BCUT2D eigenvalue weighted by Gasteiger charge is -2.28. The maximum atomic E-state index is 11.8. The van der Waals surface area contributed by atoms with E-state index in [0.717, 1.165) is 25.7 Å². The lowest BCUT2D eigenvalue weighted by Crippen LogP contribution is -2.50. The number of amides is 1. The van der Waals surface area contributed by atoms with Crippen molar-refractivity contribution in [1.82, 2.24) is 10.6 Å². The van der Waals surface area contributed by atoms with Crippen molar-refractivity contribution in [2.75, 3.05) is 13.2 Å². The summed E-state index contributed by atoms with van der Waals surface area (Å²) in [6.07, 6.45) is 4.48. The molecule has 0 atom stereocenters. The predicted molar refractivity (Wildman–Crippen MR) is 68.8 cm³/mol. The molecular weight excluding hydrogens is 216 g/mol. The number of hydrogen-bond acceptors (Lipinski definition) is 3. The van der Waals surface area contributed by atoms with Crippen LogP contribution in [0.15, 0.2) is 0 Å². The summed E-state index contributed by atoms with van der Waals surface area (Å²) in [5.41, 5.74) is -0.291. The highest BCUT2D eigenvalue weighted by Crippen LogP contribution is 2.29. The zero-order valence-electron chi connectivity index (χ0n) is 11.3. The Kier molecular flexibility index (Phi) is 4.95. The Morgan fingerprint density at radius 1 is 1.29 bits per heavy atom. The standard InChI is InChI=1S/C13H26N2O2/c1-12(2,3)14-9-6-11(17)15-13(10-16)7-4-5-8-13/h14,16H,4-10H2,1-3H3,(H,15,17). The normalized spacial score (nSPS) is 19.3. The van der Waals surface area contributed by atoms with Gasteiger partial charge in [-0.05, 0) is 33.6 Å². The summed E-state index contributed by atoms with van der Waals surface area (Å²) >= 11 is 0. The van der Waals surface area contributed by atoms with E-state index < -0.39 is 0 Å². The van der Waals surface area contributed by atoms with Crippen LogP contribution in [0, 0.1) is 0 Å². The number of rotatable bonds is 5. The van der Waals surface area contributed by atoms with E-state index in [1.807, 2.05) is 0 Å². The van der Waals surface area contributed by atoms with Crippen LogP contribution in [0.5, 0.6) is 0 Å². The van der Waals surface area contributed by atoms with E-state index in [1.54, 1.807) is 0 Å². The smallest absolute Gasteiger partial charge is 0.221 e. The molecule has 0 aliphatic heterocycles. The molecule has 1 rings (SSSR count). The van der Waals surface area contributed by atoms with Gasteiger partial charge in [0.15, 0.2) is 0 Å². The topological polar surface area (TPSA) is 61.4 Å². The van der Waals surface area contributed by atoms with Crippen molar-refractivity contribution in [3.05, 3.63) is 0 Å². The second kappa shape index (κ2) is 5.83. The summed E-state index contributed by atoms with van der Waals surface area (Å²) in [6, 6.07) is 0. The van der Waals surface area contributed by atoms with Crippen LogP contribution in [-0.2, 0) is 4.79 Å². The average Bonchev–Trinajstić information content (AvgIpc) is 2.65. The van der Waals surface area contributed by atoms with Crippen molar-refractivity contribution >= 4 is 5.91 Å². The summed E-state index contributed by atoms with van der Waals surface area (Å²) in [5, 5.41) is 15.7. The van der Waals surface area contributed by atoms with E-state index in [1.165, 1.54) is 0 Å². The molecule has 0 radical (unpaired) electrons. The Morgan fingerprint density at radius 3 is 2.35 bits per heavy atom. The van der Waals surface area contributed by atoms with E-state index in [-0.39, 0.29) is 23.6 Å². The third kappa shape index (κ3) is 5.04. The van der Waals surface area contributed by atoms with Gasteiger partial charge in [-0.1, -0.05) is 12.8 Å². The molecule has 0 saturated heterocycles. The van der Waals surface area contributed by atoms with Crippen LogP contribution in [0.25, 0.3) is 0 Å². The molecule has 1 saturated carbocycles. The van der Waals surface area contributed by atoms with Crippen LogP contribution >= 0.6 is 0 Å². The van der Waals surface area contributed by atoms with Crippen molar-refractivity contribution in [3.8, 4) is 0 Å². The van der Waals surface area contributed by atoms with E-state index in [9.17, 15) is 9.90 Å². The quantitative estimate of drug-likeness (QED) is 0.678. The highest BCUT2D eigenvalue weighted by molar-refractivity contribution is 5.77. The van der Waals surface area contributed by atoms with Gasteiger partial charge in [0.25, 0.3) is 0 Å². The monoisotopic (exact) mass is 242 g/mol. The fourth-order valence-corrected chi connectivity index (χ4v) is 2.28. The van der Waals surface area contributed by atoms with Crippen molar-refractivity contribution in [2.24, 2.45) is 0 Å². The lowest BCUT2D eigenvalue weighted by atomic mass is 9.98. The van der Waals surface area contributed by atoms with E-state index in [4.69, 9.17) is 0 Å². The molecule has 1 aliphatic rings. The summed E-state index contributed by atoms with van der Waals surface area (Å²) < 4.78 is 0. The number of carbonyl (C=O) groups excluding carboxylic acids is 1. The average molecular weight is 242 g/mol. The van der Waals surface area contributed by atoms with Gasteiger partial charge < -0.3 is 15.7 Å². The molecule has 1 aliphatic carbocycles. The van der Waals surface area contributed by atoms with E-state index in [0.29, 0.717) is 13.0 Å². The number of nitrogens with one attached hydrogen (secondary N) is 2. The van der Waals surface area contributed by atoms with Crippen molar-refractivity contribution in [3.63, 3.8) is 0 Å². The number of aliphatic hydroxyl groups is 1. The first-order chi connectivity index (χ1) is 7.87. The van der Waals surface area contributed by atoms with Crippen molar-refractivity contribution in [2.45, 2.75) is 64.0 Å². The minimum absolute atomic E-state index is 0.0395. The number of aliphatic hydroxyl groups excluding tert-OH is 1. The molecule has 3 N–H and O–H groups in total. The highest BCUT2D eigenvalue weighted by atomic mass is 16.3. The Hall–Kier alpha value is -0.610. The van der Waals surface area contributed by atoms with E-state index >= 15 is 0 Å². The Balaban J connectivity index is 2.29. The second-order valence-electron chi connectivity index (χ2n) is 6.12. The van der Waals surface area contributed by atoms with E-state index in [2.05, 4.69) is 31.4 Å². The molecular formula is C13H26N2O2. The molecule has 100 valence electrons. The van der Waals surface area contributed by atoms with Gasteiger partial charge in [-0.2, -0.15) is 0 Å². The molecule has 0 spiro atoms. The molecule has 17 heavy (non-hydrogen) atoms. The fourth-order valence-electron chi connectivity index (χ4n) is 2.28. The third-order valence-corrected chi connectivity index (χ3v) is 3.28. The molecule has 0 aromatic rings. The molecule has 0 aromatic carbocycles. The van der Waals surface area contributed by atoms with Gasteiger partial charge in [-0.3, -0.25) is 4.79 Å². The summed E-state index contributed by atoms with van der Waals surface area (Å²) in [5.74, 6) is 0.0395. The van der Waals surface area contributed by atoms with Gasteiger partial charge in [0.05, 0.1) is 12.1 Å². The molecule has 4 nitrogen and oxygen atoms in total. The van der Waals surface area contributed by atoms with Gasteiger partial charge in [0.1, 0.15) is 0 Å². The van der Waals surface area contributed by atoms with Gasteiger partial charge in [0, 0.05) is 18.5 Å². The molecule has 0 bridgehead atoms. The van der Waals surface area contributed by atoms with Gasteiger partial charge in [0.2, 0.25) is 5.91 Å². The van der Waals surface area contributed by atoms with Crippen LogP contribution in [-0.4, -0.2) is 35.2 Å². The minimum atomic E-state index is -0.335. The van der Waals surface area contributed by atoms with Gasteiger partial charge in [-0.15, -0.1) is 0 Å². The summed E-state index contributed by atoms with van der Waals surface area (Å²) in [7, 11) is 0. The summed E-state index contributed by atoms with van der Waals surface area (Å²) in [6.45, 7) is 6.98. The minimum Gasteiger partial charge on any atom is -0.394 e. The van der Waals surface area contributed by atoms with Crippen LogP contribution in [0.2, 0.25) is 0 Å². The van der Waals surface area contributed by atoms with Crippen LogP contribution in [0.3, 0.4) is 0 Å². The van der Waals surface area contributed by atoms with Crippen molar-refractivity contribution in [1.29, 1.82) is 0 Å². The van der Waals surface area contributed by atoms with Crippen LogP contribution in [0.1, 0.15) is 52.9 Å². The molecule has 0 unspecified atom stereocenters. The predicted octanol–water partition coefficient (Wildman–Crippen LogP) is 1.19. The lowest BCUT2D eigenvalue weighted by molar-refractivity contribution is -0.123. The zero-order valence-corrected chi connectivity index (χ0v) is 11.3.